The zero-order valence-corrected chi connectivity index (χ0v) is 20.6. The highest BCUT2D eigenvalue weighted by Gasteiger charge is 2.22. The molecule has 1 aliphatic rings. The molecule has 0 atom stereocenters. The lowest BCUT2D eigenvalue weighted by Gasteiger charge is -2.36. The minimum absolute atomic E-state index is 0.0997. The molecular weight excluding hydrogens is 466 g/mol. The van der Waals surface area contributed by atoms with Crippen LogP contribution in [-0.2, 0) is 14.8 Å². The first-order valence-electron chi connectivity index (χ1n) is 11.3. The Balaban J connectivity index is 1.27. The molecule has 9 heteroatoms. The van der Waals surface area contributed by atoms with Gasteiger partial charge in [0.2, 0.25) is 0 Å². The molecule has 1 fully saturated rings. The van der Waals surface area contributed by atoms with Gasteiger partial charge in [-0.15, -0.1) is 0 Å². The van der Waals surface area contributed by atoms with Crippen molar-refractivity contribution in [3.05, 3.63) is 78.4 Å². The quantitative estimate of drug-likeness (QED) is 0.514. The van der Waals surface area contributed by atoms with Crippen LogP contribution in [0.4, 0.5) is 11.4 Å². The first kappa shape index (κ1) is 24.4. The third kappa shape index (κ3) is 6.05. The summed E-state index contributed by atoms with van der Waals surface area (Å²) in [6, 6.07) is 21.1. The van der Waals surface area contributed by atoms with Crippen LogP contribution in [0.2, 0.25) is 0 Å². The van der Waals surface area contributed by atoms with E-state index in [1.807, 2.05) is 43.3 Å². The number of amides is 1. The summed E-state index contributed by atoms with van der Waals surface area (Å²) in [7, 11) is -2.08. The number of para-hydroxylation sites is 1. The van der Waals surface area contributed by atoms with Gasteiger partial charge in [-0.1, -0.05) is 18.2 Å². The molecule has 1 amide bonds. The Morgan fingerprint density at radius 3 is 2.14 bits per heavy atom. The van der Waals surface area contributed by atoms with Crippen molar-refractivity contribution in [2.45, 2.75) is 11.8 Å². The average molecular weight is 496 g/mol. The Hall–Kier alpha value is -3.72. The monoisotopic (exact) mass is 495 g/mol. The summed E-state index contributed by atoms with van der Waals surface area (Å²) >= 11 is 0. The van der Waals surface area contributed by atoms with Crippen molar-refractivity contribution in [2.75, 3.05) is 49.5 Å². The van der Waals surface area contributed by atoms with Crippen LogP contribution in [0.1, 0.15) is 5.56 Å². The maximum atomic E-state index is 12.7. The summed E-state index contributed by atoms with van der Waals surface area (Å²) in [5.74, 6) is 1.15. The lowest BCUT2D eigenvalue weighted by Crippen LogP contribution is -2.50. The maximum absolute atomic E-state index is 12.7. The number of ether oxygens (including phenoxy) is 2. The summed E-state index contributed by atoms with van der Waals surface area (Å²) in [6.07, 6.45) is 0. The van der Waals surface area contributed by atoms with E-state index in [2.05, 4.69) is 9.62 Å². The second-order valence-electron chi connectivity index (χ2n) is 8.25. The van der Waals surface area contributed by atoms with E-state index >= 15 is 0 Å². The van der Waals surface area contributed by atoms with Gasteiger partial charge in [-0.25, -0.2) is 8.42 Å². The smallest absolute Gasteiger partial charge is 0.261 e. The van der Waals surface area contributed by atoms with E-state index in [1.54, 1.807) is 36.3 Å². The minimum Gasteiger partial charge on any atom is -0.497 e. The highest BCUT2D eigenvalue weighted by molar-refractivity contribution is 7.92. The zero-order valence-electron chi connectivity index (χ0n) is 19.8. The van der Waals surface area contributed by atoms with Gasteiger partial charge >= 0.3 is 0 Å². The normalized spacial score (nSPS) is 13.9. The number of hydrogen-bond donors (Lipinski definition) is 1. The first-order valence-corrected chi connectivity index (χ1v) is 12.8. The van der Waals surface area contributed by atoms with Crippen LogP contribution in [-0.4, -0.2) is 59.1 Å². The lowest BCUT2D eigenvalue weighted by molar-refractivity contribution is -0.133. The summed E-state index contributed by atoms with van der Waals surface area (Å²) in [5.41, 5.74) is 2.46. The number of nitrogens with zero attached hydrogens (tertiary/aromatic N) is 2. The van der Waals surface area contributed by atoms with Crippen molar-refractivity contribution >= 4 is 27.3 Å². The molecule has 0 aliphatic carbocycles. The van der Waals surface area contributed by atoms with Gasteiger partial charge in [-0.05, 0) is 67.1 Å². The number of sulfonamides is 1. The fraction of sp³-hybridized carbons (Fsp3) is 0.269. The molecule has 1 saturated heterocycles. The number of carbonyl (C=O) groups excluding carboxylic acids is 1. The molecule has 0 radical (unpaired) electrons. The van der Waals surface area contributed by atoms with Gasteiger partial charge in [0, 0.05) is 31.9 Å². The van der Waals surface area contributed by atoms with Gasteiger partial charge in [0.25, 0.3) is 15.9 Å². The molecule has 1 heterocycles. The fourth-order valence-electron chi connectivity index (χ4n) is 3.85. The Kier molecular flexibility index (Phi) is 7.45. The molecular formula is C26H29N3O5S. The number of methoxy groups -OCH3 is 1. The zero-order chi connectivity index (χ0) is 24.8. The molecule has 3 aromatic rings. The van der Waals surface area contributed by atoms with E-state index < -0.39 is 10.0 Å². The van der Waals surface area contributed by atoms with Crippen molar-refractivity contribution in [2.24, 2.45) is 0 Å². The lowest BCUT2D eigenvalue weighted by atomic mass is 10.2. The van der Waals surface area contributed by atoms with Crippen molar-refractivity contribution in [1.29, 1.82) is 0 Å². The van der Waals surface area contributed by atoms with E-state index in [1.165, 1.54) is 12.1 Å². The van der Waals surface area contributed by atoms with Crippen LogP contribution >= 0.6 is 0 Å². The van der Waals surface area contributed by atoms with Crippen molar-refractivity contribution < 1.29 is 22.7 Å². The molecule has 0 spiro atoms. The third-order valence-corrected chi connectivity index (χ3v) is 7.34. The molecule has 184 valence electrons. The van der Waals surface area contributed by atoms with Crippen LogP contribution in [0.5, 0.6) is 11.5 Å². The number of aryl methyl sites for hydroxylation is 1. The largest absolute Gasteiger partial charge is 0.497 e. The number of nitrogens with one attached hydrogen (secondary N) is 1. The first-order chi connectivity index (χ1) is 16.9. The fourth-order valence-corrected chi connectivity index (χ4v) is 4.98. The van der Waals surface area contributed by atoms with Gasteiger partial charge in [0.15, 0.2) is 6.61 Å². The number of piperazine rings is 1. The Bertz CT molecular complexity index is 1250. The van der Waals surface area contributed by atoms with E-state index in [0.717, 1.165) is 30.1 Å². The summed E-state index contributed by atoms with van der Waals surface area (Å²) in [4.78, 5) is 16.8. The second-order valence-corrected chi connectivity index (χ2v) is 9.93. The third-order valence-electron chi connectivity index (χ3n) is 5.96. The predicted octanol–water partition coefficient (Wildman–Crippen LogP) is 3.53. The Morgan fingerprint density at radius 2 is 1.51 bits per heavy atom. The molecule has 35 heavy (non-hydrogen) atoms. The maximum Gasteiger partial charge on any atom is 0.261 e. The number of rotatable bonds is 8. The van der Waals surface area contributed by atoms with Gasteiger partial charge in [-0.2, -0.15) is 0 Å². The van der Waals surface area contributed by atoms with Gasteiger partial charge in [-0.3, -0.25) is 9.52 Å². The van der Waals surface area contributed by atoms with Crippen LogP contribution in [0.15, 0.2) is 77.7 Å². The molecule has 0 bridgehead atoms. The van der Waals surface area contributed by atoms with E-state index in [0.29, 0.717) is 24.5 Å². The summed E-state index contributed by atoms with van der Waals surface area (Å²) < 4.78 is 38.8. The van der Waals surface area contributed by atoms with Gasteiger partial charge in [0.1, 0.15) is 11.5 Å². The Morgan fingerprint density at radius 1 is 0.886 bits per heavy atom. The minimum atomic E-state index is -3.73. The molecule has 4 rings (SSSR count). The van der Waals surface area contributed by atoms with Crippen molar-refractivity contribution in [1.82, 2.24) is 4.90 Å². The number of anilines is 2. The molecule has 0 unspecified atom stereocenters. The number of hydrogen-bond acceptors (Lipinski definition) is 6. The number of carbonyl (C=O) groups is 1. The summed E-state index contributed by atoms with van der Waals surface area (Å²) in [5, 5.41) is 0. The molecule has 1 N–H and O–H groups in total. The Labute approximate surface area is 206 Å². The van der Waals surface area contributed by atoms with Gasteiger partial charge < -0.3 is 19.3 Å². The predicted molar refractivity (Wildman–Crippen MR) is 136 cm³/mol. The van der Waals surface area contributed by atoms with Crippen molar-refractivity contribution in [3.63, 3.8) is 0 Å². The van der Waals surface area contributed by atoms with Crippen molar-refractivity contribution in [3.8, 4) is 11.5 Å². The van der Waals surface area contributed by atoms with Gasteiger partial charge in [0.05, 0.1) is 17.7 Å². The standard InChI is InChI=1S/C26H29N3O5S/c1-20-5-3-4-6-25(20)27-35(31,32)24-13-11-23(12-14-24)34-19-26(30)29-17-15-28(16-18-29)21-7-9-22(33-2)10-8-21/h3-14,27H,15-19H2,1-2H3. The molecule has 8 nitrogen and oxygen atoms in total. The molecule has 0 aromatic heterocycles. The van der Waals surface area contributed by atoms with E-state index in [9.17, 15) is 13.2 Å². The molecule has 3 aromatic carbocycles. The van der Waals surface area contributed by atoms with Crippen LogP contribution in [0.3, 0.4) is 0 Å². The SMILES string of the molecule is COc1ccc(N2CCN(C(=O)COc3ccc(S(=O)(=O)Nc4ccccc4C)cc3)CC2)cc1. The average Bonchev–Trinajstić information content (AvgIpc) is 2.89. The van der Waals surface area contributed by atoms with Crippen LogP contribution < -0.4 is 19.1 Å². The van der Waals surface area contributed by atoms with E-state index in [-0.39, 0.29) is 17.4 Å². The molecule has 1 aliphatic heterocycles. The highest BCUT2D eigenvalue weighted by atomic mass is 32.2. The second kappa shape index (κ2) is 10.7. The number of benzene rings is 3. The van der Waals surface area contributed by atoms with Crippen LogP contribution in [0, 0.1) is 6.92 Å². The highest BCUT2D eigenvalue weighted by Crippen LogP contribution is 2.22. The molecule has 0 saturated carbocycles. The van der Waals surface area contributed by atoms with Crippen LogP contribution in [0.25, 0.3) is 0 Å². The van der Waals surface area contributed by atoms with E-state index in [4.69, 9.17) is 9.47 Å². The topological polar surface area (TPSA) is 88.2 Å². The summed E-state index contributed by atoms with van der Waals surface area (Å²) in [6.45, 7) is 4.42.